The molecule has 1 aromatic rings. The third-order valence-corrected chi connectivity index (χ3v) is 4.06. The first-order valence-electron chi connectivity index (χ1n) is 6.23. The standard InChI is InChI=1S/C13H17BrN4O/c1-3-5-18-13(19)12(14)11(8-16-18)15-7-10-4-6-17(2)9-10/h1,8,10,15H,4-7,9H2,2H3. The minimum atomic E-state index is -0.202. The van der Waals surface area contributed by atoms with Gasteiger partial charge < -0.3 is 10.2 Å². The van der Waals surface area contributed by atoms with Crippen LogP contribution in [0.5, 0.6) is 0 Å². The number of aromatic nitrogens is 2. The second kappa shape index (κ2) is 6.22. The summed E-state index contributed by atoms with van der Waals surface area (Å²) in [5, 5.41) is 7.33. The van der Waals surface area contributed by atoms with Crippen molar-refractivity contribution in [1.29, 1.82) is 0 Å². The van der Waals surface area contributed by atoms with Crippen molar-refractivity contribution in [3.63, 3.8) is 0 Å². The molecule has 0 bridgehead atoms. The maximum absolute atomic E-state index is 11.9. The molecule has 19 heavy (non-hydrogen) atoms. The molecule has 5 nitrogen and oxygen atoms in total. The Labute approximate surface area is 121 Å². The first kappa shape index (κ1) is 14.1. The fourth-order valence-electron chi connectivity index (χ4n) is 2.23. The predicted octanol–water partition coefficient (Wildman–Crippen LogP) is 1.00. The van der Waals surface area contributed by atoms with E-state index >= 15 is 0 Å². The van der Waals surface area contributed by atoms with Gasteiger partial charge in [0.2, 0.25) is 0 Å². The molecular weight excluding hydrogens is 308 g/mol. The first-order valence-corrected chi connectivity index (χ1v) is 7.02. The van der Waals surface area contributed by atoms with Gasteiger partial charge in [-0.15, -0.1) is 6.42 Å². The second-order valence-electron chi connectivity index (χ2n) is 4.84. The Kier molecular flexibility index (Phi) is 4.61. The van der Waals surface area contributed by atoms with Crippen molar-refractivity contribution in [3.05, 3.63) is 21.0 Å². The van der Waals surface area contributed by atoms with Crippen molar-refractivity contribution in [2.24, 2.45) is 5.92 Å². The van der Waals surface area contributed by atoms with Crippen LogP contribution >= 0.6 is 15.9 Å². The molecule has 1 atom stereocenters. The van der Waals surface area contributed by atoms with Crippen molar-refractivity contribution in [1.82, 2.24) is 14.7 Å². The van der Waals surface area contributed by atoms with Crippen LogP contribution in [-0.4, -0.2) is 41.4 Å². The summed E-state index contributed by atoms with van der Waals surface area (Å²) in [6.45, 7) is 3.26. The number of halogens is 1. The third kappa shape index (κ3) is 3.37. The summed E-state index contributed by atoms with van der Waals surface area (Å²) in [5.41, 5.74) is 0.527. The summed E-state index contributed by atoms with van der Waals surface area (Å²) < 4.78 is 1.75. The minimum absolute atomic E-state index is 0.186. The summed E-state index contributed by atoms with van der Waals surface area (Å²) in [6, 6.07) is 0. The fraction of sp³-hybridized carbons (Fsp3) is 0.538. The Morgan fingerprint density at radius 1 is 1.68 bits per heavy atom. The van der Waals surface area contributed by atoms with E-state index in [1.165, 1.54) is 11.1 Å². The van der Waals surface area contributed by atoms with Crippen molar-refractivity contribution in [2.75, 3.05) is 32.0 Å². The maximum atomic E-state index is 11.9. The van der Waals surface area contributed by atoms with Gasteiger partial charge in [0.05, 0.1) is 11.9 Å². The van der Waals surface area contributed by atoms with Gasteiger partial charge in [-0.1, -0.05) is 5.92 Å². The molecule has 2 heterocycles. The van der Waals surface area contributed by atoms with Gasteiger partial charge >= 0.3 is 0 Å². The topological polar surface area (TPSA) is 50.2 Å². The van der Waals surface area contributed by atoms with Crippen molar-refractivity contribution >= 4 is 21.6 Å². The van der Waals surface area contributed by atoms with E-state index in [2.05, 4.69) is 44.2 Å². The zero-order valence-corrected chi connectivity index (χ0v) is 12.5. The highest BCUT2D eigenvalue weighted by molar-refractivity contribution is 9.10. The van der Waals surface area contributed by atoms with E-state index in [4.69, 9.17) is 6.42 Å². The van der Waals surface area contributed by atoms with Crippen molar-refractivity contribution in [2.45, 2.75) is 13.0 Å². The largest absolute Gasteiger partial charge is 0.382 e. The van der Waals surface area contributed by atoms with Crippen LogP contribution in [0.3, 0.4) is 0 Å². The molecule has 102 valence electrons. The van der Waals surface area contributed by atoms with Crippen LogP contribution in [-0.2, 0) is 6.54 Å². The molecule has 0 aromatic carbocycles. The summed E-state index contributed by atoms with van der Waals surface area (Å²) in [4.78, 5) is 14.2. The number of nitrogens with one attached hydrogen (secondary N) is 1. The molecule has 1 N–H and O–H groups in total. The second-order valence-corrected chi connectivity index (χ2v) is 5.63. The third-order valence-electron chi connectivity index (χ3n) is 3.30. The number of anilines is 1. The smallest absolute Gasteiger partial charge is 0.284 e. The van der Waals surface area contributed by atoms with Gasteiger partial charge in [0.15, 0.2) is 0 Å². The Balaban J connectivity index is 2.03. The monoisotopic (exact) mass is 324 g/mol. The molecule has 1 aliphatic heterocycles. The van der Waals surface area contributed by atoms with Crippen LogP contribution in [0.25, 0.3) is 0 Å². The van der Waals surface area contributed by atoms with E-state index in [1.54, 1.807) is 6.20 Å². The number of nitrogens with zero attached hydrogens (tertiary/aromatic N) is 3. The van der Waals surface area contributed by atoms with Gasteiger partial charge in [-0.3, -0.25) is 4.79 Å². The number of hydrogen-bond donors (Lipinski definition) is 1. The molecule has 1 unspecified atom stereocenters. The van der Waals surface area contributed by atoms with E-state index in [0.717, 1.165) is 25.3 Å². The molecule has 0 spiro atoms. The molecule has 1 fully saturated rings. The maximum Gasteiger partial charge on any atom is 0.284 e. The van der Waals surface area contributed by atoms with Crippen LogP contribution < -0.4 is 10.9 Å². The number of likely N-dealkylation sites (tertiary alicyclic amines) is 1. The number of rotatable bonds is 4. The minimum Gasteiger partial charge on any atom is -0.382 e. The van der Waals surface area contributed by atoms with Gasteiger partial charge in [-0.25, -0.2) is 4.68 Å². The summed E-state index contributed by atoms with van der Waals surface area (Å²) in [5.74, 6) is 3.02. The van der Waals surface area contributed by atoms with Crippen LogP contribution in [0.1, 0.15) is 6.42 Å². The van der Waals surface area contributed by atoms with Gasteiger partial charge in [0.1, 0.15) is 11.0 Å². The van der Waals surface area contributed by atoms with Gasteiger partial charge in [-0.2, -0.15) is 5.10 Å². The molecule has 0 amide bonds. The molecule has 0 aliphatic carbocycles. The Morgan fingerprint density at radius 3 is 3.11 bits per heavy atom. The van der Waals surface area contributed by atoms with Crippen molar-refractivity contribution < 1.29 is 0 Å². The average molecular weight is 325 g/mol. The summed E-state index contributed by atoms with van der Waals surface area (Å²) >= 11 is 3.31. The predicted molar refractivity (Wildman–Crippen MR) is 79.1 cm³/mol. The highest BCUT2D eigenvalue weighted by Crippen LogP contribution is 2.19. The highest BCUT2D eigenvalue weighted by atomic mass is 79.9. The quantitative estimate of drug-likeness (QED) is 0.840. The lowest BCUT2D eigenvalue weighted by Crippen LogP contribution is -2.25. The van der Waals surface area contributed by atoms with Crippen LogP contribution in [0, 0.1) is 18.3 Å². The SMILES string of the molecule is C#CCn1ncc(NCC2CCN(C)C2)c(Br)c1=O. The zero-order chi connectivity index (χ0) is 13.8. The molecule has 1 aromatic heterocycles. The van der Waals surface area contributed by atoms with Crippen LogP contribution in [0.15, 0.2) is 15.5 Å². The van der Waals surface area contributed by atoms with E-state index in [1.807, 2.05) is 0 Å². The van der Waals surface area contributed by atoms with Crippen LogP contribution in [0.4, 0.5) is 5.69 Å². The molecule has 0 saturated carbocycles. The van der Waals surface area contributed by atoms with Gasteiger partial charge in [0.25, 0.3) is 5.56 Å². The normalized spacial score (nSPS) is 19.3. The number of hydrogen-bond acceptors (Lipinski definition) is 4. The first-order chi connectivity index (χ1) is 9.11. The Morgan fingerprint density at radius 2 is 2.47 bits per heavy atom. The van der Waals surface area contributed by atoms with Crippen molar-refractivity contribution in [3.8, 4) is 12.3 Å². The summed E-state index contributed by atoms with van der Waals surface area (Å²) in [6.07, 6.45) is 8.01. The molecular formula is C13H17BrN4O. The lowest BCUT2D eigenvalue weighted by Gasteiger charge is -2.13. The average Bonchev–Trinajstić information content (AvgIpc) is 2.80. The Hall–Kier alpha value is -1.32. The molecule has 1 saturated heterocycles. The molecule has 1 aliphatic rings. The van der Waals surface area contributed by atoms with Crippen LogP contribution in [0.2, 0.25) is 0 Å². The number of terminal acetylenes is 1. The molecule has 0 radical (unpaired) electrons. The zero-order valence-electron chi connectivity index (χ0n) is 10.9. The van der Waals surface area contributed by atoms with E-state index < -0.39 is 0 Å². The molecule has 6 heteroatoms. The Bertz CT molecular complexity index is 549. The van der Waals surface area contributed by atoms with E-state index in [0.29, 0.717) is 10.4 Å². The van der Waals surface area contributed by atoms with Gasteiger partial charge in [0, 0.05) is 13.1 Å². The lowest BCUT2D eigenvalue weighted by atomic mass is 10.1. The van der Waals surface area contributed by atoms with E-state index in [-0.39, 0.29) is 12.1 Å². The van der Waals surface area contributed by atoms with Gasteiger partial charge in [-0.05, 0) is 41.9 Å². The summed E-state index contributed by atoms with van der Waals surface area (Å²) in [7, 11) is 2.12. The fourth-order valence-corrected chi connectivity index (χ4v) is 2.68. The van der Waals surface area contributed by atoms with E-state index in [9.17, 15) is 4.79 Å². The highest BCUT2D eigenvalue weighted by Gasteiger charge is 2.19. The molecule has 2 rings (SSSR count). The lowest BCUT2D eigenvalue weighted by molar-refractivity contribution is 0.399.